The molecule has 2 N–H and O–H groups in total. The molecule has 2 aromatic rings. The summed E-state index contributed by atoms with van der Waals surface area (Å²) in [6, 6.07) is 0. The molecule has 0 amide bonds. The minimum absolute atomic E-state index is 0.0163. The maximum absolute atomic E-state index is 11.4. The molecule has 82 valence electrons. The van der Waals surface area contributed by atoms with Gasteiger partial charge in [-0.3, -0.25) is 29.7 Å². The van der Waals surface area contributed by atoms with Crippen molar-refractivity contribution in [3.05, 3.63) is 36.5 Å². The van der Waals surface area contributed by atoms with Gasteiger partial charge < -0.3 is 0 Å². The third-order valence-corrected chi connectivity index (χ3v) is 2.96. The number of aldehydes is 1. The van der Waals surface area contributed by atoms with Gasteiger partial charge in [0, 0.05) is 0 Å². The van der Waals surface area contributed by atoms with E-state index < -0.39 is 21.2 Å². The maximum Gasteiger partial charge on any atom is 0.337 e. The van der Waals surface area contributed by atoms with Gasteiger partial charge in [0.15, 0.2) is 6.29 Å². The third-order valence-electron chi connectivity index (χ3n) is 1.89. The van der Waals surface area contributed by atoms with Crippen molar-refractivity contribution in [1.82, 2.24) is 9.97 Å². The molecule has 0 radical (unpaired) electrons. The molecule has 2 heterocycles. The number of rotatable bonds is 2. The van der Waals surface area contributed by atoms with Crippen LogP contribution in [0.15, 0.2) is 9.59 Å². The van der Waals surface area contributed by atoms with Crippen molar-refractivity contribution in [2.24, 2.45) is 0 Å². The molecule has 0 atom stereocenters. The van der Waals surface area contributed by atoms with E-state index in [2.05, 4.69) is 4.98 Å². The average molecular weight is 241 g/mol. The highest BCUT2D eigenvalue weighted by Gasteiger charge is 2.23. The van der Waals surface area contributed by atoms with Crippen LogP contribution in [-0.2, 0) is 0 Å². The highest BCUT2D eigenvalue weighted by Crippen LogP contribution is 2.32. The van der Waals surface area contributed by atoms with Crippen molar-refractivity contribution in [3.63, 3.8) is 0 Å². The molecule has 16 heavy (non-hydrogen) atoms. The van der Waals surface area contributed by atoms with Crippen LogP contribution in [0.5, 0.6) is 0 Å². The van der Waals surface area contributed by atoms with Gasteiger partial charge in [-0.05, 0) is 11.3 Å². The van der Waals surface area contributed by atoms with Crippen molar-refractivity contribution in [1.29, 1.82) is 0 Å². The predicted molar refractivity (Wildman–Crippen MR) is 55.1 cm³/mol. The van der Waals surface area contributed by atoms with Crippen LogP contribution >= 0.6 is 11.3 Å². The monoisotopic (exact) mass is 241 g/mol. The molecular weight excluding hydrogens is 238 g/mol. The van der Waals surface area contributed by atoms with Crippen LogP contribution in [0.2, 0.25) is 0 Å². The highest BCUT2D eigenvalue weighted by molar-refractivity contribution is 7.22. The summed E-state index contributed by atoms with van der Waals surface area (Å²) in [5.41, 5.74) is -1.90. The molecular formula is C7H3N3O5S. The second kappa shape index (κ2) is 3.38. The number of hydrogen-bond donors (Lipinski definition) is 2. The Hall–Kier alpha value is -2.29. The smallest absolute Gasteiger partial charge is 0.298 e. The first-order valence-electron chi connectivity index (χ1n) is 3.93. The molecule has 8 nitrogen and oxygen atoms in total. The van der Waals surface area contributed by atoms with Crippen molar-refractivity contribution in [3.8, 4) is 0 Å². The van der Waals surface area contributed by atoms with Gasteiger partial charge in [-0.2, -0.15) is 0 Å². The predicted octanol–water partition coefficient (Wildman–Crippen LogP) is -0.00140. The summed E-state index contributed by atoms with van der Waals surface area (Å²) < 4.78 is 0. The molecule has 0 bridgehead atoms. The van der Waals surface area contributed by atoms with Crippen LogP contribution < -0.4 is 11.2 Å². The van der Waals surface area contributed by atoms with E-state index >= 15 is 0 Å². The molecule has 0 fully saturated rings. The molecule has 0 saturated heterocycles. The molecule has 2 aromatic heterocycles. The Balaban J connectivity index is 3.05. The number of aromatic amines is 2. The zero-order chi connectivity index (χ0) is 11.9. The van der Waals surface area contributed by atoms with Crippen LogP contribution in [0.4, 0.5) is 5.00 Å². The molecule has 0 aliphatic heterocycles. The second-order valence-corrected chi connectivity index (χ2v) is 3.81. The van der Waals surface area contributed by atoms with Crippen LogP contribution in [0.3, 0.4) is 0 Å². The van der Waals surface area contributed by atoms with Crippen LogP contribution in [-0.4, -0.2) is 21.2 Å². The normalized spacial score (nSPS) is 10.5. The van der Waals surface area contributed by atoms with Gasteiger partial charge in [-0.25, -0.2) is 4.79 Å². The summed E-state index contributed by atoms with van der Waals surface area (Å²) >= 11 is 0.579. The zero-order valence-electron chi connectivity index (χ0n) is 7.47. The molecule has 0 aliphatic rings. The van der Waals surface area contributed by atoms with E-state index in [1.165, 1.54) is 0 Å². The van der Waals surface area contributed by atoms with E-state index in [9.17, 15) is 24.5 Å². The van der Waals surface area contributed by atoms with Gasteiger partial charge in [0.1, 0.15) is 10.4 Å². The van der Waals surface area contributed by atoms with Gasteiger partial charge >= 0.3 is 10.7 Å². The van der Waals surface area contributed by atoms with Gasteiger partial charge in [0.2, 0.25) is 0 Å². The van der Waals surface area contributed by atoms with Crippen molar-refractivity contribution < 1.29 is 9.72 Å². The minimum Gasteiger partial charge on any atom is -0.298 e. The average Bonchev–Trinajstić information content (AvgIpc) is 2.56. The number of aromatic nitrogens is 2. The lowest BCUT2D eigenvalue weighted by Gasteiger charge is -1.87. The van der Waals surface area contributed by atoms with E-state index in [-0.39, 0.29) is 22.1 Å². The SMILES string of the molecule is O=Cc1c([N+](=O)[O-])sc2[nH]c(=O)[nH]c(=O)c12. The van der Waals surface area contributed by atoms with E-state index in [0.717, 1.165) is 0 Å². The molecule has 0 unspecified atom stereocenters. The first-order valence-corrected chi connectivity index (χ1v) is 4.75. The van der Waals surface area contributed by atoms with Gasteiger partial charge in [0.05, 0.1) is 10.3 Å². The summed E-state index contributed by atoms with van der Waals surface area (Å²) in [5.74, 6) is 0. The summed E-state index contributed by atoms with van der Waals surface area (Å²) in [6.07, 6.45) is 0.227. The molecule has 0 spiro atoms. The van der Waals surface area contributed by atoms with E-state index in [1.807, 2.05) is 4.98 Å². The van der Waals surface area contributed by atoms with Gasteiger partial charge in [-0.15, -0.1) is 0 Å². The Morgan fingerprint density at radius 3 is 2.56 bits per heavy atom. The summed E-state index contributed by atoms with van der Waals surface area (Å²) in [7, 11) is 0. The second-order valence-electron chi connectivity index (χ2n) is 2.81. The Kier molecular flexibility index (Phi) is 2.16. The summed E-state index contributed by atoms with van der Waals surface area (Å²) in [5, 5.41) is 9.98. The number of nitro groups is 1. The van der Waals surface area contributed by atoms with Crippen LogP contribution in [0.1, 0.15) is 10.4 Å². The maximum atomic E-state index is 11.4. The van der Waals surface area contributed by atoms with Crippen molar-refractivity contribution >= 4 is 32.8 Å². The first kappa shape index (κ1) is 10.2. The van der Waals surface area contributed by atoms with Crippen LogP contribution in [0, 0.1) is 10.1 Å². The first-order chi connectivity index (χ1) is 7.54. The fourth-order valence-electron chi connectivity index (χ4n) is 1.29. The Bertz CT molecular complexity index is 709. The Morgan fingerprint density at radius 2 is 2.00 bits per heavy atom. The number of carbonyl (C=O) groups is 1. The number of thiophene rings is 1. The molecule has 0 aliphatic carbocycles. The molecule has 2 rings (SSSR count). The van der Waals surface area contributed by atoms with Crippen molar-refractivity contribution in [2.75, 3.05) is 0 Å². The minimum atomic E-state index is -0.815. The molecule has 0 saturated carbocycles. The molecule has 9 heteroatoms. The van der Waals surface area contributed by atoms with Crippen LogP contribution in [0.25, 0.3) is 10.2 Å². The number of H-pyrrole nitrogens is 2. The lowest BCUT2D eigenvalue weighted by molar-refractivity contribution is -0.380. The number of nitrogens with zero attached hydrogens (tertiary/aromatic N) is 1. The number of carbonyl (C=O) groups excluding carboxylic acids is 1. The van der Waals surface area contributed by atoms with Gasteiger partial charge in [0.25, 0.3) is 5.56 Å². The topological polar surface area (TPSA) is 126 Å². The summed E-state index contributed by atoms with van der Waals surface area (Å²) in [4.78, 5) is 47.0. The van der Waals surface area contributed by atoms with E-state index in [1.54, 1.807) is 0 Å². The van der Waals surface area contributed by atoms with E-state index in [0.29, 0.717) is 11.3 Å². The lowest BCUT2D eigenvalue weighted by atomic mass is 10.2. The fourth-order valence-corrected chi connectivity index (χ4v) is 2.27. The Morgan fingerprint density at radius 1 is 1.31 bits per heavy atom. The lowest BCUT2D eigenvalue weighted by Crippen LogP contribution is -2.21. The summed E-state index contributed by atoms with van der Waals surface area (Å²) in [6.45, 7) is 0. The number of fused-ring (bicyclic) bond motifs is 1. The fraction of sp³-hybridized carbons (Fsp3) is 0. The number of nitrogens with one attached hydrogen (secondary N) is 2. The quantitative estimate of drug-likeness (QED) is 0.434. The largest absolute Gasteiger partial charge is 0.337 e. The molecule has 0 aromatic carbocycles. The number of hydrogen-bond acceptors (Lipinski definition) is 6. The van der Waals surface area contributed by atoms with E-state index in [4.69, 9.17) is 0 Å². The zero-order valence-corrected chi connectivity index (χ0v) is 8.29. The third kappa shape index (κ3) is 1.34. The highest BCUT2D eigenvalue weighted by atomic mass is 32.1. The van der Waals surface area contributed by atoms with Crippen molar-refractivity contribution in [2.45, 2.75) is 0 Å². The Labute approximate surface area is 89.7 Å². The standard InChI is InChI=1S/C7H3N3O5S/c11-1-2-3-4(12)8-7(13)9-5(3)16-6(2)10(14)15/h1H,(H2,8,9,12,13). The van der Waals surface area contributed by atoms with Gasteiger partial charge in [-0.1, -0.05) is 0 Å².